The van der Waals surface area contributed by atoms with Crippen LogP contribution in [-0.4, -0.2) is 25.1 Å². The molecule has 0 N–H and O–H groups in total. The Morgan fingerprint density at radius 2 is 1.88 bits per heavy atom. The molecule has 0 aliphatic rings. The van der Waals surface area contributed by atoms with Crippen molar-refractivity contribution in [2.24, 2.45) is 0 Å². The van der Waals surface area contributed by atoms with Crippen molar-refractivity contribution in [1.82, 2.24) is 0 Å². The van der Waals surface area contributed by atoms with Crippen molar-refractivity contribution in [2.45, 2.75) is 6.92 Å². The van der Waals surface area contributed by atoms with Crippen LogP contribution in [0.3, 0.4) is 0 Å². The van der Waals surface area contributed by atoms with Crippen LogP contribution in [-0.2, 0) is 4.79 Å². The molecule has 0 unspecified atom stereocenters. The van der Waals surface area contributed by atoms with E-state index in [1.165, 1.54) is 11.8 Å². The lowest BCUT2D eigenvalue weighted by molar-refractivity contribution is -0.109. The Balaban J connectivity index is 2.83. The first-order valence-corrected chi connectivity index (χ1v) is 6.18. The summed E-state index contributed by atoms with van der Waals surface area (Å²) >= 11 is 1.27. The highest BCUT2D eigenvalue weighted by molar-refractivity contribution is 8.13. The van der Waals surface area contributed by atoms with Crippen LogP contribution in [0.2, 0.25) is 0 Å². The first kappa shape index (κ1) is 13.6. The normalized spacial score (nSPS) is 10.5. The summed E-state index contributed by atoms with van der Waals surface area (Å²) in [5, 5.41) is 0.113. The largest absolute Gasteiger partial charge is 0.496 e. The van der Waals surface area contributed by atoms with Crippen molar-refractivity contribution in [2.75, 3.05) is 20.0 Å². The van der Waals surface area contributed by atoms with Gasteiger partial charge in [-0.05, 0) is 12.1 Å². The van der Waals surface area contributed by atoms with Gasteiger partial charge < -0.3 is 9.47 Å². The van der Waals surface area contributed by atoms with Crippen LogP contribution < -0.4 is 9.47 Å². The molecule has 1 rings (SSSR count). The molecule has 0 aliphatic heterocycles. The third-order valence-electron chi connectivity index (χ3n) is 2.13. The smallest absolute Gasteiger partial charge is 0.186 e. The Labute approximate surface area is 106 Å². The Morgan fingerprint density at radius 3 is 2.35 bits per heavy atom. The summed E-state index contributed by atoms with van der Waals surface area (Å²) in [5.41, 5.74) is 0.890. The molecule has 3 nitrogen and oxygen atoms in total. The van der Waals surface area contributed by atoms with E-state index in [0.29, 0.717) is 5.75 Å². The van der Waals surface area contributed by atoms with Gasteiger partial charge in [-0.2, -0.15) is 0 Å². The van der Waals surface area contributed by atoms with Crippen molar-refractivity contribution in [3.63, 3.8) is 0 Å². The molecule has 0 saturated heterocycles. The molecule has 1 aromatic carbocycles. The van der Waals surface area contributed by atoms with Gasteiger partial charge in [0.25, 0.3) is 0 Å². The second kappa shape index (κ2) is 7.01. The SMILES string of the molecule is COc1cccc(OC)c1C=CCSC(C)=O. The van der Waals surface area contributed by atoms with E-state index >= 15 is 0 Å². The maximum absolute atomic E-state index is 10.8. The minimum Gasteiger partial charge on any atom is -0.496 e. The van der Waals surface area contributed by atoms with Crippen molar-refractivity contribution in [3.05, 3.63) is 29.8 Å². The molecule has 0 bridgehead atoms. The van der Waals surface area contributed by atoms with E-state index in [2.05, 4.69) is 0 Å². The van der Waals surface area contributed by atoms with Crippen molar-refractivity contribution < 1.29 is 14.3 Å². The van der Waals surface area contributed by atoms with Gasteiger partial charge in [0.2, 0.25) is 0 Å². The van der Waals surface area contributed by atoms with Gasteiger partial charge in [0.15, 0.2) is 5.12 Å². The summed E-state index contributed by atoms with van der Waals surface area (Å²) in [6.45, 7) is 1.56. The molecule has 4 heteroatoms. The fourth-order valence-electron chi connectivity index (χ4n) is 1.38. The zero-order valence-corrected chi connectivity index (χ0v) is 11.0. The first-order valence-electron chi connectivity index (χ1n) is 5.20. The molecule has 0 aliphatic carbocycles. The number of carbonyl (C=O) groups is 1. The molecule has 0 fully saturated rings. The molecule has 0 spiro atoms. The second-order valence-corrected chi connectivity index (χ2v) is 4.48. The summed E-state index contributed by atoms with van der Waals surface area (Å²) in [6.07, 6.45) is 3.83. The second-order valence-electron chi connectivity index (χ2n) is 3.28. The molecule has 17 heavy (non-hydrogen) atoms. The summed E-state index contributed by atoms with van der Waals surface area (Å²) in [7, 11) is 3.24. The number of hydrogen-bond acceptors (Lipinski definition) is 4. The fraction of sp³-hybridized carbons (Fsp3) is 0.308. The maximum Gasteiger partial charge on any atom is 0.186 e. The number of ether oxygens (including phenoxy) is 2. The lowest BCUT2D eigenvalue weighted by Gasteiger charge is -2.09. The average molecular weight is 252 g/mol. The van der Waals surface area contributed by atoms with Crippen molar-refractivity contribution in [1.29, 1.82) is 0 Å². The lowest BCUT2D eigenvalue weighted by atomic mass is 10.1. The molecule has 0 heterocycles. The third kappa shape index (κ3) is 4.15. The minimum absolute atomic E-state index is 0.113. The molecule has 1 aromatic rings. The van der Waals surface area contributed by atoms with Gasteiger partial charge in [0.05, 0.1) is 19.8 Å². The summed E-state index contributed by atoms with van der Waals surface area (Å²) in [6, 6.07) is 5.62. The molecule has 0 atom stereocenters. The Hall–Kier alpha value is -1.42. The van der Waals surface area contributed by atoms with Crippen LogP contribution in [0.4, 0.5) is 0 Å². The molecule has 0 radical (unpaired) electrons. The summed E-state index contributed by atoms with van der Waals surface area (Å²) in [5.74, 6) is 2.16. The average Bonchev–Trinajstić information content (AvgIpc) is 2.34. The van der Waals surface area contributed by atoms with Crippen LogP contribution >= 0.6 is 11.8 Å². The molecular weight excluding hydrogens is 236 g/mol. The molecule has 92 valence electrons. The number of thioether (sulfide) groups is 1. The predicted molar refractivity (Wildman–Crippen MR) is 71.7 cm³/mol. The number of carbonyl (C=O) groups excluding carboxylic acids is 1. The molecule has 0 amide bonds. The molecule has 0 aromatic heterocycles. The van der Waals surface area contributed by atoms with Gasteiger partial charge >= 0.3 is 0 Å². The zero-order valence-electron chi connectivity index (χ0n) is 10.2. The van der Waals surface area contributed by atoms with E-state index in [4.69, 9.17) is 9.47 Å². The first-order chi connectivity index (χ1) is 8.19. The van der Waals surface area contributed by atoms with Crippen molar-refractivity contribution >= 4 is 23.0 Å². The zero-order chi connectivity index (χ0) is 12.7. The Morgan fingerprint density at radius 1 is 1.29 bits per heavy atom. The van der Waals surface area contributed by atoms with Crippen LogP contribution in [0.25, 0.3) is 6.08 Å². The number of hydrogen-bond donors (Lipinski definition) is 0. The van der Waals surface area contributed by atoms with E-state index < -0.39 is 0 Å². The van der Waals surface area contributed by atoms with Crippen LogP contribution in [0.5, 0.6) is 11.5 Å². The lowest BCUT2D eigenvalue weighted by Crippen LogP contribution is -1.92. The van der Waals surface area contributed by atoms with Gasteiger partial charge in [0, 0.05) is 12.7 Å². The third-order valence-corrected chi connectivity index (χ3v) is 2.90. The molecule has 0 saturated carbocycles. The number of methoxy groups -OCH3 is 2. The minimum atomic E-state index is 0.113. The quantitative estimate of drug-likeness (QED) is 0.807. The van der Waals surface area contributed by atoms with Gasteiger partial charge in [-0.25, -0.2) is 0 Å². The van der Waals surface area contributed by atoms with Gasteiger partial charge in [0.1, 0.15) is 11.5 Å². The fourth-order valence-corrected chi connectivity index (χ4v) is 1.80. The molecular formula is C13H16O3S. The summed E-state index contributed by atoms with van der Waals surface area (Å²) < 4.78 is 10.5. The summed E-state index contributed by atoms with van der Waals surface area (Å²) in [4.78, 5) is 10.8. The predicted octanol–water partition coefficient (Wildman–Crippen LogP) is 3.00. The Kier molecular flexibility index (Phi) is 5.63. The number of rotatable bonds is 5. The monoisotopic (exact) mass is 252 g/mol. The van der Waals surface area contributed by atoms with Gasteiger partial charge in [-0.3, -0.25) is 4.79 Å². The van der Waals surface area contributed by atoms with E-state index in [-0.39, 0.29) is 5.12 Å². The van der Waals surface area contributed by atoms with E-state index in [1.807, 2.05) is 30.4 Å². The highest BCUT2D eigenvalue weighted by Crippen LogP contribution is 2.29. The van der Waals surface area contributed by atoms with Crippen molar-refractivity contribution in [3.8, 4) is 11.5 Å². The van der Waals surface area contributed by atoms with E-state index in [9.17, 15) is 4.79 Å². The topological polar surface area (TPSA) is 35.5 Å². The maximum atomic E-state index is 10.8. The van der Waals surface area contributed by atoms with E-state index in [0.717, 1.165) is 17.1 Å². The van der Waals surface area contributed by atoms with E-state index in [1.54, 1.807) is 21.1 Å². The van der Waals surface area contributed by atoms with Gasteiger partial charge in [-0.1, -0.05) is 30.0 Å². The van der Waals surface area contributed by atoms with Gasteiger partial charge in [-0.15, -0.1) is 0 Å². The standard InChI is InChI=1S/C13H16O3S/c1-10(14)17-9-5-6-11-12(15-2)7-4-8-13(11)16-3/h4-8H,9H2,1-3H3. The highest BCUT2D eigenvalue weighted by atomic mass is 32.2. The Bertz CT molecular complexity index is 391. The highest BCUT2D eigenvalue weighted by Gasteiger charge is 2.05. The van der Waals surface area contributed by atoms with Crippen LogP contribution in [0.1, 0.15) is 12.5 Å². The number of benzene rings is 1. The van der Waals surface area contributed by atoms with Crippen LogP contribution in [0.15, 0.2) is 24.3 Å². The van der Waals surface area contributed by atoms with Crippen LogP contribution in [0, 0.1) is 0 Å².